The third-order valence-electron chi connectivity index (χ3n) is 2.86. The lowest BCUT2D eigenvalue weighted by Gasteiger charge is -2.07. The molecular weight excluding hydrogens is 288 g/mol. The zero-order chi connectivity index (χ0) is 14.5. The molecule has 0 radical (unpaired) electrons. The van der Waals surface area contributed by atoms with Crippen LogP contribution in [-0.4, -0.2) is 21.5 Å². The number of nitrogens with one attached hydrogen (secondary N) is 1. The van der Waals surface area contributed by atoms with Gasteiger partial charge in [-0.05, 0) is 29.9 Å². The van der Waals surface area contributed by atoms with Crippen LogP contribution < -0.4 is 0 Å². The number of aromatic amines is 1. The van der Waals surface area contributed by atoms with Gasteiger partial charge < -0.3 is 4.98 Å². The highest BCUT2D eigenvalue weighted by Gasteiger charge is 2.13. The summed E-state index contributed by atoms with van der Waals surface area (Å²) in [4.78, 5) is 20.5. The summed E-state index contributed by atoms with van der Waals surface area (Å²) in [5.41, 5.74) is 2.60. The predicted molar refractivity (Wildman–Crippen MR) is 85.0 cm³/mol. The van der Waals surface area contributed by atoms with Crippen LogP contribution in [0.1, 0.15) is 28.4 Å². The number of carbonyl (C=O) groups is 1. The number of hydrogen-bond acceptors (Lipinski definition) is 4. The molecule has 0 fully saturated rings. The van der Waals surface area contributed by atoms with Crippen molar-refractivity contribution >= 4 is 29.8 Å². The molecule has 2 aromatic heterocycles. The Hall–Kier alpha value is -1.46. The Morgan fingerprint density at radius 2 is 2.30 bits per heavy atom. The molecule has 3 nitrogen and oxygen atoms in total. The number of hydrogen-bond donors (Lipinski definition) is 1. The fourth-order valence-electron chi connectivity index (χ4n) is 1.93. The van der Waals surface area contributed by atoms with Gasteiger partial charge in [-0.1, -0.05) is 25.2 Å². The van der Waals surface area contributed by atoms with Crippen molar-refractivity contribution in [3.63, 3.8) is 0 Å². The van der Waals surface area contributed by atoms with Crippen LogP contribution in [0.5, 0.6) is 0 Å². The Labute approximate surface area is 127 Å². The SMILES string of the molecule is CCSc1ccncc1C(=O)Cc1cc(C)c[nH]c1=S. The summed E-state index contributed by atoms with van der Waals surface area (Å²) >= 11 is 6.89. The molecule has 0 bridgehead atoms. The molecule has 2 heterocycles. The van der Waals surface area contributed by atoms with Crippen molar-refractivity contribution in [2.45, 2.75) is 25.2 Å². The molecule has 1 N–H and O–H groups in total. The molecule has 0 aliphatic carbocycles. The Balaban J connectivity index is 2.28. The van der Waals surface area contributed by atoms with Crippen molar-refractivity contribution in [2.24, 2.45) is 0 Å². The number of aryl methyl sites for hydroxylation is 1. The van der Waals surface area contributed by atoms with Crippen LogP contribution in [0.25, 0.3) is 0 Å². The minimum absolute atomic E-state index is 0.0548. The van der Waals surface area contributed by atoms with Gasteiger partial charge in [-0.25, -0.2) is 0 Å². The van der Waals surface area contributed by atoms with Crippen LogP contribution in [0.4, 0.5) is 0 Å². The normalized spacial score (nSPS) is 10.5. The summed E-state index contributed by atoms with van der Waals surface area (Å²) in [6.07, 6.45) is 5.51. The average molecular weight is 304 g/mol. The van der Waals surface area contributed by atoms with Gasteiger partial charge in [0.25, 0.3) is 0 Å². The second-order valence-corrected chi connectivity index (χ2v) is 6.15. The van der Waals surface area contributed by atoms with E-state index in [0.29, 0.717) is 16.6 Å². The zero-order valence-electron chi connectivity index (χ0n) is 11.5. The molecule has 0 saturated heterocycles. The average Bonchev–Trinajstić information content (AvgIpc) is 2.44. The summed E-state index contributed by atoms with van der Waals surface area (Å²) in [6.45, 7) is 4.04. The first-order chi connectivity index (χ1) is 9.61. The van der Waals surface area contributed by atoms with E-state index in [1.54, 1.807) is 24.2 Å². The number of ketones is 1. The molecule has 0 aliphatic rings. The van der Waals surface area contributed by atoms with Crippen LogP contribution in [0.2, 0.25) is 0 Å². The van der Waals surface area contributed by atoms with E-state index < -0.39 is 0 Å². The van der Waals surface area contributed by atoms with E-state index in [0.717, 1.165) is 21.8 Å². The third-order valence-corrected chi connectivity index (χ3v) is 4.19. The summed E-state index contributed by atoms with van der Waals surface area (Å²) in [5, 5.41) is 0. The van der Waals surface area contributed by atoms with Crippen molar-refractivity contribution in [3.05, 3.63) is 52.1 Å². The number of nitrogens with zero attached hydrogens (tertiary/aromatic N) is 1. The lowest BCUT2D eigenvalue weighted by atomic mass is 10.0. The molecule has 104 valence electrons. The minimum Gasteiger partial charge on any atom is -0.352 e. The molecule has 0 saturated carbocycles. The second-order valence-electron chi connectivity index (χ2n) is 4.44. The maximum atomic E-state index is 12.5. The van der Waals surface area contributed by atoms with E-state index in [1.165, 1.54) is 0 Å². The Morgan fingerprint density at radius 1 is 1.50 bits per heavy atom. The molecule has 2 aromatic rings. The standard InChI is InChI=1S/C15H16N2OS2/c1-3-20-14-4-5-16-9-12(14)13(18)7-11-6-10(2)8-17-15(11)19/h4-6,8-9H,3,7H2,1-2H3,(H,17,19). The van der Waals surface area contributed by atoms with Gasteiger partial charge in [-0.3, -0.25) is 9.78 Å². The molecule has 0 aliphatic heterocycles. The predicted octanol–water partition coefficient (Wildman–Crippen LogP) is 3.99. The molecule has 5 heteroatoms. The molecular formula is C15H16N2OS2. The van der Waals surface area contributed by atoms with Crippen LogP contribution in [0.15, 0.2) is 35.6 Å². The van der Waals surface area contributed by atoms with Gasteiger partial charge in [0, 0.05) is 35.5 Å². The molecule has 0 unspecified atom stereocenters. The second kappa shape index (κ2) is 6.81. The maximum Gasteiger partial charge on any atom is 0.170 e. The van der Waals surface area contributed by atoms with Gasteiger partial charge in [0.1, 0.15) is 4.64 Å². The van der Waals surface area contributed by atoms with Crippen molar-refractivity contribution in [3.8, 4) is 0 Å². The smallest absolute Gasteiger partial charge is 0.170 e. The number of H-pyrrole nitrogens is 1. The molecule has 0 aromatic carbocycles. The first-order valence-electron chi connectivity index (χ1n) is 6.40. The van der Waals surface area contributed by atoms with E-state index in [1.807, 2.05) is 25.3 Å². The number of aromatic nitrogens is 2. The summed E-state index contributed by atoms with van der Waals surface area (Å²) in [6, 6.07) is 3.85. The molecule has 2 rings (SSSR count). The van der Waals surface area contributed by atoms with Crippen LogP contribution in [-0.2, 0) is 6.42 Å². The van der Waals surface area contributed by atoms with Crippen molar-refractivity contribution in [1.82, 2.24) is 9.97 Å². The van der Waals surface area contributed by atoms with E-state index in [2.05, 4.69) is 16.9 Å². The van der Waals surface area contributed by atoms with Crippen molar-refractivity contribution < 1.29 is 4.79 Å². The highest BCUT2D eigenvalue weighted by atomic mass is 32.2. The topological polar surface area (TPSA) is 45.8 Å². The minimum atomic E-state index is 0.0548. The van der Waals surface area contributed by atoms with Crippen molar-refractivity contribution in [1.29, 1.82) is 0 Å². The monoisotopic (exact) mass is 304 g/mol. The van der Waals surface area contributed by atoms with Crippen molar-refractivity contribution in [2.75, 3.05) is 5.75 Å². The molecule has 0 atom stereocenters. The van der Waals surface area contributed by atoms with E-state index in [4.69, 9.17) is 12.2 Å². The summed E-state index contributed by atoms with van der Waals surface area (Å²) in [7, 11) is 0. The van der Waals surface area contributed by atoms with E-state index in [9.17, 15) is 4.79 Å². The number of Topliss-reactive ketones (excluding diaryl/α,β-unsaturated/α-hetero) is 1. The zero-order valence-corrected chi connectivity index (χ0v) is 13.1. The number of carbonyl (C=O) groups excluding carboxylic acids is 1. The van der Waals surface area contributed by atoms with Gasteiger partial charge in [-0.2, -0.15) is 0 Å². The van der Waals surface area contributed by atoms with Gasteiger partial charge in [-0.15, -0.1) is 11.8 Å². The Morgan fingerprint density at radius 3 is 3.05 bits per heavy atom. The fraction of sp³-hybridized carbons (Fsp3) is 0.267. The quantitative estimate of drug-likeness (QED) is 0.515. The third kappa shape index (κ3) is 3.55. The number of thioether (sulfide) groups is 1. The van der Waals surface area contributed by atoms with Gasteiger partial charge in [0.05, 0.1) is 0 Å². The molecule has 0 amide bonds. The lowest BCUT2D eigenvalue weighted by Crippen LogP contribution is -2.07. The number of rotatable bonds is 5. The van der Waals surface area contributed by atoms with E-state index in [-0.39, 0.29) is 5.78 Å². The van der Waals surface area contributed by atoms with Crippen LogP contribution >= 0.6 is 24.0 Å². The first kappa shape index (κ1) is 14.9. The highest BCUT2D eigenvalue weighted by Crippen LogP contribution is 2.23. The summed E-state index contributed by atoms with van der Waals surface area (Å²) < 4.78 is 0.623. The number of pyridine rings is 2. The van der Waals surface area contributed by atoms with Gasteiger partial charge >= 0.3 is 0 Å². The maximum absolute atomic E-state index is 12.5. The highest BCUT2D eigenvalue weighted by molar-refractivity contribution is 7.99. The molecule has 20 heavy (non-hydrogen) atoms. The Kier molecular flexibility index (Phi) is 5.09. The van der Waals surface area contributed by atoms with Crippen LogP contribution in [0.3, 0.4) is 0 Å². The first-order valence-corrected chi connectivity index (χ1v) is 7.79. The van der Waals surface area contributed by atoms with Crippen LogP contribution in [0, 0.1) is 11.6 Å². The van der Waals surface area contributed by atoms with Gasteiger partial charge in [0.15, 0.2) is 5.78 Å². The molecule has 0 spiro atoms. The Bertz CT molecular complexity index is 680. The summed E-state index contributed by atoms with van der Waals surface area (Å²) in [5.74, 6) is 0.980. The fourth-order valence-corrected chi connectivity index (χ4v) is 2.91. The largest absolute Gasteiger partial charge is 0.352 e. The van der Waals surface area contributed by atoms with E-state index >= 15 is 0 Å². The van der Waals surface area contributed by atoms with Gasteiger partial charge in [0.2, 0.25) is 0 Å². The lowest BCUT2D eigenvalue weighted by molar-refractivity contribution is 0.0989.